The third kappa shape index (κ3) is 2.78. The molecule has 0 radical (unpaired) electrons. The second-order valence-corrected chi connectivity index (χ2v) is 3.91. The van der Waals surface area contributed by atoms with E-state index in [2.05, 4.69) is 9.97 Å². The minimum atomic E-state index is -0.0266. The van der Waals surface area contributed by atoms with Crippen molar-refractivity contribution in [3.63, 3.8) is 0 Å². The maximum Gasteiger partial charge on any atom is 0.132 e. The van der Waals surface area contributed by atoms with Crippen LogP contribution >= 0.6 is 11.6 Å². The van der Waals surface area contributed by atoms with Crippen molar-refractivity contribution in [1.29, 1.82) is 0 Å². The van der Waals surface area contributed by atoms with Gasteiger partial charge in [0.25, 0.3) is 0 Å². The Labute approximate surface area is 98.8 Å². The molecule has 16 heavy (non-hydrogen) atoms. The minimum Gasteiger partial charge on any atom is -0.392 e. The van der Waals surface area contributed by atoms with E-state index in [1.807, 2.05) is 24.3 Å². The van der Waals surface area contributed by atoms with Crippen LogP contribution in [0.25, 0.3) is 0 Å². The molecule has 0 unspecified atom stereocenters. The van der Waals surface area contributed by atoms with E-state index in [1.54, 1.807) is 12.4 Å². The van der Waals surface area contributed by atoms with Crippen molar-refractivity contribution in [3.8, 4) is 0 Å². The lowest BCUT2D eigenvalue weighted by Crippen LogP contribution is -1.97. The Morgan fingerprint density at radius 3 is 2.19 bits per heavy atom. The molecule has 0 amide bonds. The van der Waals surface area contributed by atoms with Gasteiger partial charge in [-0.2, -0.15) is 0 Å². The predicted molar refractivity (Wildman–Crippen MR) is 62.2 cm³/mol. The van der Waals surface area contributed by atoms with Crippen molar-refractivity contribution in [1.82, 2.24) is 9.97 Å². The van der Waals surface area contributed by atoms with Gasteiger partial charge in [-0.25, -0.2) is 9.97 Å². The van der Waals surface area contributed by atoms with E-state index < -0.39 is 0 Å². The molecule has 0 spiro atoms. The van der Waals surface area contributed by atoms with Gasteiger partial charge in [-0.05, 0) is 17.7 Å². The molecule has 0 atom stereocenters. The first kappa shape index (κ1) is 11.0. The number of nitrogens with zero attached hydrogens (tertiary/aromatic N) is 2. The van der Waals surface area contributed by atoms with Crippen LogP contribution in [-0.4, -0.2) is 15.1 Å². The van der Waals surface area contributed by atoms with Crippen LogP contribution in [0.3, 0.4) is 0 Å². The molecule has 1 aromatic heterocycles. The first-order valence-electron chi connectivity index (χ1n) is 4.93. The Bertz CT molecular complexity index is 453. The summed E-state index contributed by atoms with van der Waals surface area (Å²) in [5, 5.41) is 9.58. The second-order valence-electron chi connectivity index (χ2n) is 3.47. The van der Waals surface area contributed by atoms with Crippen LogP contribution < -0.4 is 0 Å². The van der Waals surface area contributed by atoms with Gasteiger partial charge in [0.15, 0.2) is 0 Å². The highest BCUT2D eigenvalue weighted by Crippen LogP contribution is 2.11. The van der Waals surface area contributed by atoms with Crippen LogP contribution in [0.15, 0.2) is 36.7 Å². The fourth-order valence-electron chi connectivity index (χ4n) is 1.34. The van der Waals surface area contributed by atoms with Crippen molar-refractivity contribution < 1.29 is 5.11 Å². The molecule has 0 aliphatic carbocycles. The molecule has 1 heterocycles. The third-order valence-electron chi connectivity index (χ3n) is 2.22. The van der Waals surface area contributed by atoms with Crippen molar-refractivity contribution in [2.45, 2.75) is 13.0 Å². The summed E-state index contributed by atoms with van der Waals surface area (Å²) in [6.45, 7) is -0.0266. The zero-order chi connectivity index (χ0) is 11.4. The maximum absolute atomic E-state index is 8.85. The van der Waals surface area contributed by atoms with Gasteiger partial charge in [0.05, 0.1) is 6.61 Å². The quantitative estimate of drug-likeness (QED) is 0.886. The van der Waals surface area contributed by atoms with E-state index >= 15 is 0 Å². The molecule has 0 aliphatic heterocycles. The van der Waals surface area contributed by atoms with Crippen molar-refractivity contribution in [2.24, 2.45) is 0 Å². The van der Waals surface area contributed by atoms with Crippen LogP contribution in [-0.2, 0) is 13.0 Å². The molecule has 0 bridgehead atoms. The highest BCUT2D eigenvalue weighted by Gasteiger charge is 1.99. The van der Waals surface area contributed by atoms with Gasteiger partial charge >= 0.3 is 0 Å². The molecule has 82 valence electrons. The van der Waals surface area contributed by atoms with E-state index in [4.69, 9.17) is 16.7 Å². The van der Waals surface area contributed by atoms with Gasteiger partial charge in [-0.15, -0.1) is 0 Å². The Kier molecular flexibility index (Phi) is 3.49. The Morgan fingerprint density at radius 1 is 1.00 bits per heavy atom. The molecule has 2 aromatic rings. The lowest BCUT2D eigenvalue weighted by molar-refractivity contribution is 0.280. The molecule has 3 nitrogen and oxygen atoms in total. The van der Waals surface area contributed by atoms with Crippen LogP contribution in [0.2, 0.25) is 5.02 Å². The number of halogens is 1. The minimum absolute atomic E-state index is 0.0266. The number of aliphatic hydroxyl groups is 1. The molecule has 0 saturated carbocycles. The molecule has 0 saturated heterocycles. The topological polar surface area (TPSA) is 46.0 Å². The van der Waals surface area contributed by atoms with Gasteiger partial charge < -0.3 is 5.11 Å². The highest BCUT2D eigenvalue weighted by molar-refractivity contribution is 6.30. The van der Waals surface area contributed by atoms with E-state index in [0.29, 0.717) is 6.42 Å². The van der Waals surface area contributed by atoms with E-state index in [0.717, 1.165) is 22.0 Å². The third-order valence-corrected chi connectivity index (χ3v) is 2.47. The fourth-order valence-corrected chi connectivity index (χ4v) is 1.47. The standard InChI is InChI=1S/C12H11ClN2O/c13-11-3-1-9(2-4-11)5-12-14-6-10(8-16)7-15-12/h1-4,6-7,16H,5,8H2. The van der Waals surface area contributed by atoms with Crippen LogP contribution in [0.4, 0.5) is 0 Å². The normalized spacial score (nSPS) is 10.4. The Hall–Kier alpha value is -1.45. The van der Waals surface area contributed by atoms with E-state index in [1.165, 1.54) is 0 Å². The van der Waals surface area contributed by atoms with Gasteiger partial charge in [-0.1, -0.05) is 23.7 Å². The summed E-state index contributed by atoms with van der Waals surface area (Å²) in [7, 11) is 0. The molecule has 0 fully saturated rings. The molecule has 2 rings (SSSR count). The van der Waals surface area contributed by atoms with Crippen LogP contribution in [0.5, 0.6) is 0 Å². The Balaban J connectivity index is 2.11. The van der Waals surface area contributed by atoms with Crippen molar-refractivity contribution in [2.75, 3.05) is 0 Å². The lowest BCUT2D eigenvalue weighted by atomic mass is 10.1. The maximum atomic E-state index is 8.85. The van der Waals surface area contributed by atoms with E-state index in [-0.39, 0.29) is 6.61 Å². The molecular weight excluding hydrogens is 224 g/mol. The average Bonchev–Trinajstić information content (AvgIpc) is 2.33. The summed E-state index contributed by atoms with van der Waals surface area (Å²) in [5.41, 5.74) is 1.83. The lowest BCUT2D eigenvalue weighted by Gasteiger charge is -2.01. The second kappa shape index (κ2) is 5.05. The Morgan fingerprint density at radius 2 is 1.62 bits per heavy atom. The summed E-state index contributed by atoms with van der Waals surface area (Å²) in [6, 6.07) is 7.59. The number of aromatic nitrogens is 2. The largest absolute Gasteiger partial charge is 0.392 e. The zero-order valence-electron chi connectivity index (χ0n) is 8.60. The van der Waals surface area contributed by atoms with Crippen LogP contribution in [0.1, 0.15) is 17.0 Å². The van der Waals surface area contributed by atoms with E-state index in [9.17, 15) is 0 Å². The molecule has 0 aliphatic rings. The van der Waals surface area contributed by atoms with Crippen molar-refractivity contribution in [3.05, 3.63) is 58.6 Å². The predicted octanol–water partition coefficient (Wildman–Crippen LogP) is 2.21. The summed E-state index contributed by atoms with van der Waals surface area (Å²) in [5.74, 6) is 0.736. The van der Waals surface area contributed by atoms with Gasteiger partial charge in [0.1, 0.15) is 5.82 Å². The number of hydrogen-bond acceptors (Lipinski definition) is 3. The van der Waals surface area contributed by atoms with Gasteiger partial charge in [-0.3, -0.25) is 0 Å². The fraction of sp³-hybridized carbons (Fsp3) is 0.167. The molecule has 1 N–H and O–H groups in total. The van der Waals surface area contributed by atoms with Crippen LogP contribution in [0, 0.1) is 0 Å². The summed E-state index contributed by atoms with van der Waals surface area (Å²) >= 11 is 5.80. The average molecular weight is 235 g/mol. The molecule has 4 heteroatoms. The van der Waals surface area contributed by atoms with Crippen molar-refractivity contribution >= 4 is 11.6 Å². The monoisotopic (exact) mass is 234 g/mol. The van der Waals surface area contributed by atoms with Gasteiger partial charge in [0.2, 0.25) is 0 Å². The number of aliphatic hydroxyl groups excluding tert-OH is 1. The zero-order valence-corrected chi connectivity index (χ0v) is 9.35. The first-order valence-corrected chi connectivity index (χ1v) is 5.31. The first-order chi connectivity index (χ1) is 7.78. The molecular formula is C12H11ClN2O. The summed E-state index contributed by atoms with van der Waals surface area (Å²) in [6.07, 6.45) is 3.94. The summed E-state index contributed by atoms with van der Waals surface area (Å²) in [4.78, 5) is 8.33. The highest BCUT2D eigenvalue weighted by atomic mass is 35.5. The number of benzene rings is 1. The number of rotatable bonds is 3. The van der Waals surface area contributed by atoms with Gasteiger partial charge in [0, 0.05) is 29.4 Å². The smallest absolute Gasteiger partial charge is 0.132 e. The SMILES string of the molecule is OCc1cnc(Cc2ccc(Cl)cc2)nc1. The number of hydrogen-bond donors (Lipinski definition) is 1. The summed E-state index contributed by atoms with van der Waals surface area (Å²) < 4.78 is 0. The molecule has 1 aromatic carbocycles.